The fourth-order valence-electron chi connectivity index (χ4n) is 0.567. The van der Waals surface area contributed by atoms with Crippen molar-refractivity contribution >= 4 is 0 Å². The van der Waals surface area contributed by atoms with Gasteiger partial charge in [0.25, 0.3) is 0 Å². The second-order valence-electron chi connectivity index (χ2n) is 1.85. The van der Waals surface area contributed by atoms with Gasteiger partial charge in [0.1, 0.15) is 0 Å². The molecule has 0 N–H and O–H groups in total. The normalized spacial score (nSPS) is 12.5. The van der Waals surface area contributed by atoms with Crippen LogP contribution in [0.3, 0.4) is 0 Å². The summed E-state index contributed by atoms with van der Waals surface area (Å²) in [5.41, 5.74) is 0. The van der Waals surface area contributed by atoms with Crippen molar-refractivity contribution in [3.05, 3.63) is 0 Å². The highest BCUT2D eigenvalue weighted by Crippen LogP contribution is 1.93. The predicted molar refractivity (Wildman–Crippen MR) is 40.5 cm³/mol. The van der Waals surface area contributed by atoms with Crippen LogP contribution >= 0.6 is 0 Å². The highest BCUT2D eigenvalue weighted by atomic mass is 16.7. The SMILES string of the molecule is C#CCCOC(C)OCC. The lowest BCUT2D eigenvalue weighted by atomic mass is 10.5. The summed E-state index contributed by atoms with van der Waals surface area (Å²) < 4.78 is 10.3. The summed E-state index contributed by atoms with van der Waals surface area (Å²) >= 11 is 0. The second kappa shape index (κ2) is 6.60. The average molecular weight is 142 g/mol. The molecule has 1 atom stereocenters. The van der Waals surface area contributed by atoms with E-state index in [0.29, 0.717) is 19.6 Å². The molecule has 0 aliphatic rings. The third-order valence-electron chi connectivity index (χ3n) is 1.00. The number of ether oxygens (including phenoxy) is 2. The Morgan fingerprint density at radius 2 is 2.20 bits per heavy atom. The van der Waals surface area contributed by atoms with Crippen molar-refractivity contribution in [1.82, 2.24) is 0 Å². The molecule has 0 bridgehead atoms. The molecule has 58 valence electrons. The monoisotopic (exact) mass is 142 g/mol. The van der Waals surface area contributed by atoms with Crippen LogP contribution in [0, 0.1) is 12.3 Å². The standard InChI is InChI=1S/C8H14O2/c1-4-6-7-10-8(3)9-5-2/h1,8H,5-7H2,2-3H3. The molecule has 10 heavy (non-hydrogen) atoms. The zero-order valence-electron chi connectivity index (χ0n) is 6.59. The van der Waals surface area contributed by atoms with Crippen LogP contribution in [-0.4, -0.2) is 19.5 Å². The Bertz CT molecular complexity index is 104. The molecular formula is C8H14O2. The van der Waals surface area contributed by atoms with Gasteiger partial charge in [0.2, 0.25) is 0 Å². The molecule has 2 heteroatoms. The summed E-state index contributed by atoms with van der Waals surface area (Å²) in [5.74, 6) is 2.48. The fourth-order valence-corrected chi connectivity index (χ4v) is 0.567. The van der Waals surface area contributed by atoms with Crippen LogP contribution in [0.15, 0.2) is 0 Å². The summed E-state index contributed by atoms with van der Waals surface area (Å²) in [6, 6.07) is 0. The zero-order chi connectivity index (χ0) is 7.82. The molecule has 0 radical (unpaired) electrons. The molecule has 2 nitrogen and oxygen atoms in total. The van der Waals surface area contributed by atoms with Crippen molar-refractivity contribution in [2.45, 2.75) is 26.6 Å². The van der Waals surface area contributed by atoms with Crippen molar-refractivity contribution in [3.8, 4) is 12.3 Å². The van der Waals surface area contributed by atoms with E-state index in [1.165, 1.54) is 0 Å². The van der Waals surface area contributed by atoms with Crippen molar-refractivity contribution in [3.63, 3.8) is 0 Å². The van der Waals surface area contributed by atoms with Gasteiger partial charge < -0.3 is 9.47 Å². The molecule has 0 saturated carbocycles. The van der Waals surface area contributed by atoms with Crippen LogP contribution in [0.1, 0.15) is 20.3 Å². The van der Waals surface area contributed by atoms with Gasteiger partial charge >= 0.3 is 0 Å². The number of rotatable bonds is 5. The van der Waals surface area contributed by atoms with Gasteiger partial charge in [-0.2, -0.15) is 0 Å². The number of hydrogen-bond acceptors (Lipinski definition) is 2. The first-order valence-electron chi connectivity index (χ1n) is 3.48. The lowest BCUT2D eigenvalue weighted by Crippen LogP contribution is -2.13. The average Bonchev–Trinajstić information content (AvgIpc) is 1.89. The summed E-state index contributed by atoms with van der Waals surface area (Å²) in [5, 5.41) is 0. The van der Waals surface area contributed by atoms with Gasteiger partial charge in [-0.3, -0.25) is 0 Å². The van der Waals surface area contributed by atoms with Gasteiger partial charge in [0, 0.05) is 13.0 Å². The van der Waals surface area contributed by atoms with Crippen LogP contribution in [0.4, 0.5) is 0 Å². The largest absolute Gasteiger partial charge is 0.353 e. The maximum Gasteiger partial charge on any atom is 0.154 e. The first-order chi connectivity index (χ1) is 4.81. The Morgan fingerprint density at radius 3 is 2.70 bits per heavy atom. The lowest BCUT2D eigenvalue weighted by Gasteiger charge is -2.10. The molecule has 0 heterocycles. The topological polar surface area (TPSA) is 18.5 Å². The van der Waals surface area contributed by atoms with E-state index in [9.17, 15) is 0 Å². The van der Waals surface area contributed by atoms with Gasteiger partial charge in [-0.05, 0) is 13.8 Å². The van der Waals surface area contributed by atoms with E-state index >= 15 is 0 Å². The smallest absolute Gasteiger partial charge is 0.154 e. The maximum atomic E-state index is 5.16. The minimum absolute atomic E-state index is 0.127. The van der Waals surface area contributed by atoms with E-state index < -0.39 is 0 Å². The van der Waals surface area contributed by atoms with E-state index in [4.69, 9.17) is 15.9 Å². The van der Waals surface area contributed by atoms with Gasteiger partial charge in [0.05, 0.1) is 6.61 Å². The van der Waals surface area contributed by atoms with Crippen LogP contribution in [-0.2, 0) is 9.47 Å². The molecule has 0 amide bonds. The molecule has 1 unspecified atom stereocenters. The molecule has 0 aromatic rings. The van der Waals surface area contributed by atoms with E-state index in [0.717, 1.165) is 0 Å². The Morgan fingerprint density at radius 1 is 1.50 bits per heavy atom. The highest BCUT2D eigenvalue weighted by molar-refractivity contribution is 4.82. The number of terminal acetylenes is 1. The first-order valence-corrected chi connectivity index (χ1v) is 3.48. The predicted octanol–water partition coefficient (Wildman–Crippen LogP) is 1.41. The third kappa shape index (κ3) is 5.61. The number of hydrogen-bond donors (Lipinski definition) is 0. The molecule has 0 saturated heterocycles. The van der Waals surface area contributed by atoms with Crippen molar-refractivity contribution < 1.29 is 9.47 Å². The first kappa shape index (κ1) is 9.48. The van der Waals surface area contributed by atoms with Crippen LogP contribution < -0.4 is 0 Å². The highest BCUT2D eigenvalue weighted by Gasteiger charge is 1.97. The summed E-state index contributed by atoms with van der Waals surface area (Å²) in [6.07, 6.45) is 5.54. The summed E-state index contributed by atoms with van der Waals surface area (Å²) in [4.78, 5) is 0. The maximum absolute atomic E-state index is 5.16. The fraction of sp³-hybridized carbons (Fsp3) is 0.750. The van der Waals surface area contributed by atoms with E-state index in [1.807, 2.05) is 13.8 Å². The van der Waals surface area contributed by atoms with Crippen molar-refractivity contribution in [1.29, 1.82) is 0 Å². The van der Waals surface area contributed by atoms with E-state index in [2.05, 4.69) is 5.92 Å². The minimum Gasteiger partial charge on any atom is -0.353 e. The van der Waals surface area contributed by atoms with Crippen molar-refractivity contribution in [2.24, 2.45) is 0 Å². The van der Waals surface area contributed by atoms with Gasteiger partial charge in [0.15, 0.2) is 6.29 Å². The molecule has 0 aromatic heterocycles. The Labute approximate surface area is 62.5 Å². The van der Waals surface area contributed by atoms with Crippen LogP contribution in [0.25, 0.3) is 0 Å². The quantitative estimate of drug-likeness (QED) is 0.328. The minimum atomic E-state index is -0.127. The molecule has 0 aromatic carbocycles. The van der Waals surface area contributed by atoms with Crippen LogP contribution in [0.5, 0.6) is 0 Å². The van der Waals surface area contributed by atoms with Crippen molar-refractivity contribution in [2.75, 3.05) is 13.2 Å². The molecule has 0 aliphatic carbocycles. The molecule has 0 fully saturated rings. The molecule has 0 spiro atoms. The lowest BCUT2D eigenvalue weighted by molar-refractivity contribution is -0.125. The summed E-state index contributed by atoms with van der Waals surface area (Å²) in [6.45, 7) is 5.05. The summed E-state index contributed by atoms with van der Waals surface area (Å²) in [7, 11) is 0. The molecule has 0 rings (SSSR count). The van der Waals surface area contributed by atoms with E-state index in [1.54, 1.807) is 0 Å². The zero-order valence-corrected chi connectivity index (χ0v) is 6.59. The second-order valence-corrected chi connectivity index (χ2v) is 1.85. The van der Waals surface area contributed by atoms with Gasteiger partial charge in [-0.1, -0.05) is 0 Å². The third-order valence-corrected chi connectivity index (χ3v) is 1.00. The molecular weight excluding hydrogens is 128 g/mol. The van der Waals surface area contributed by atoms with Gasteiger partial charge in [-0.25, -0.2) is 0 Å². The Kier molecular flexibility index (Phi) is 6.25. The Balaban J connectivity index is 3.06. The van der Waals surface area contributed by atoms with Crippen LogP contribution in [0.2, 0.25) is 0 Å². The Hall–Kier alpha value is -0.520. The molecule has 0 aliphatic heterocycles. The van der Waals surface area contributed by atoms with E-state index in [-0.39, 0.29) is 6.29 Å². The van der Waals surface area contributed by atoms with Gasteiger partial charge in [-0.15, -0.1) is 12.3 Å².